The van der Waals surface area contributed by atoms with E-state index in [1.54, 1.807) is 30.3 Å². The van der Waals surface area contributed by atoms with Gasteiger partial charge in [0.25, 0.3) is 0 Å². The lowest BCUT2D eigenvalue weighted by atomic mass is 10.1. The summed E-state index contributed by atoms with van der Waals surface area (Å²) in [5.41, 5.74) is 1.38. The van der Waals surface area contributed by atoms with Crippen molar-refractivity contribution >= 4 is 11.6 Å². The van der Waals surface area contributed by atoms with E-state index in [9.17, 15) is 0 Å². The molecule has 0 aliphatic rings. The van der Waals surface area contributed by atoms with Crippen LogP contribution in [0.1, 0.15) is 5.69 Å². The lowest BCUT2D eigenvalue weighted by Crippen LogP contribution is -1.90. The molecule has 0 amide bonds. The molecule has 0 unspecified atom stereocenters. The van der Waals surface area contributed by atoms with E-state index in [-0.39, 0.29) is 5.69 Å². The predicted molar refractivity (Wildman–Crippen MR) is 78.1 cm³/mol. The highest BCUT2D eigenvalue weighted by Gasteiger charge is 2.14. The predicted octanol–water partition coefficient (Wildman–Crippen LogP) is 3.79. The Morgan fingerprint density at radius 2 is 1.81 bits per heavy atom. The largest absolute Gasteiger partial charge is 0.457 e. The van der Waals surface area contributed by atoms with Gasteiger partial charge in [-0.2, -0.15) is 15.6 Å². The third-order valence-corrected chi connectivity index (χ3v) is 3.09. The molecule has 0 aliphatic carbocycles. The Kier molecular flexibility index (Phi) is 3.54. The zero-order valence-corrected chi connectivity index (χ0v) is 11.5. The van der Waals surface area contributed by atoms with Gasteiger partial charge in [-0.15, -0.1) is 5.10 Å². The van der Waals surface area contributed by atoms with Crippen molar-refractivity contribution in [3.8, 4) is 28.8 Å². The minimum atomic E-state index is 0.224. The second-order valence-electron chi connectivity index (χ2n) is 4.18. The molecule has 0 aliphatic heterocycles. The molecule has 21 heavy (non-hydrogen) atoms. The Morgan fingerprint density at radius 1 is 1.05 bits per heavy atom. The van der Waals surface area contributed by atoms with Crippen molar-refractivity contribution in [2.75, 3.05) is 0 Å². The first-order valence-corrected chi connectivity index (χ1v) is 6.49. The molecule has 1 N–H and O–H groups in total. The summed E-state index contributed by atoms with van der Waals surface area (Å²) in [6.45, 7) is 0. The third-order valence-electron chi connectivity index (χ3n) is 2.84. The zero-order valence-electron chi connectivity index (χ0n) is 10.7. The van der Waals surface area contributed by atoms with Crippen LogP contribution in [0.5, 0.6) is 11.5 Å². The van der Waals surface area contributed by atoms with Crippen LogP contribution >= 0.6 is 11.6 Å². The van der Waals surface area contributed by atoms with Crippen LogP contribution in [0.25, 0.3) is 11.3 Å². The lowest BCUT2D eigenvalue weighted by molar-refractivity contribution is 0.484. The molecule has 0 atom stereocenters. The van der Waals surface area contributed by atoms with Crippen molar-refractivity contribution in [1.29, 1.82) is 5.26 Å². The number of hydrogen-bond acceptors (Lipinski definition) is 4. The van der Waals surface area contributed by atoms with Gasteiger partial charge in [0.05, 0.1) is 0 Å². The summed E-state index contributed by atoms with van der Waals surface area (Å²) >= 11 is 5.85. The molecule has 0 saturated heterocycles. The van der Waals surface area contributed by atoms with Gasteiger partial charge in [0.15, 0.2) is 5.69 Å². The number of para-hydroxylation sites is 1. The normalized spacial score (nSPS) is 10.1. The van der Waals surface area contributed by atoms with Crippen LogP contribution in [0.15, 0.2) is 48.5 Å². The highest BCUT2D eigenvalue weighted by molar-refractivity contribution is 6.30. The second kappa shape index (κ2) is 5.65. The molecule has 2 aromatic carbocycles. The SMILES string of the molecule is N#Cc1n[nH]nc1-c1ccccc1Oc1ccc(Cl)cc1. The van der Waals surface area contributed by atoms with E-state index in [2.05, 4.69) is 15.4 Å². The van der Waals surface area contributed by atoms with Crippen LogP contribution in [0.2, 0.25) is 5.02 Å². The van der Waals surface area contributed by atoms with E-state index in [1.807, 2.05) is 24.3 Å². The van der Waals surface area contributed by atoms with Crippen LogP contribution in [0.3, 0.4) is 0 Å². The molecule has 0 radical (unpaired) electrons. The quantitative estimate of drug-likeness (QED) is 0.798. The summed E-state index contributed by atoms with van der Waals surface area (Å²) in [6, 6.07) is 16.4. The van der Waals surface area contributed by atoms with Gasteiger partial charge in [-0.05, 0) is 36.4 Å². The summed E-state index contributed by atoms with van der Waals surface area (Å²) in [7, 11) is 0. The van der Waals surface area contributed by atoms with Gasteiger partial charge in [0, 0.05) is 10.6 Å². The number of H-pyrrole nitrogens is 1. The van der Waals surface area contributed by atoms with Crippen molar-refractivity contribution in [1.82, 2.24) is 15.4 Å². The van der Waals surface area contributed by atoms with Crippen LogP contribution in [0.4, 0.5) is 0 Å². The number of ether oxygens (including phenoxy) is 1. The minimum absolute atomic E-state index is 0.224. The van der Waals surface area contributed by atoms with E-state index in [4.69, 9.17) is 21.6 Å². The van der Waals surface area contributed by atoms with E-state index in [0.29, 0.717) is 27.8 Å². The number of nitrogens with one attached hydrogen (secondary N) is 1. The Morgan fingerprint density at radius 3 is 2.57 bits per heavy atom. The number of nitrogens with zero attached hydrogens (tertiary/aromatic N) is 3. The molecule has 0 fully saturated rings. The molecule has 5 nitrogen and oxygen atoms in total. The fourth-order valence-electron chi connectivity index (χ4n) is 1.88. The van der Waals surface area contributed by atoms with Gasteiger partial charge in [0.1, 0.15) is 23.3 Å². The lowest BCUT2D eigenvalue weighted by Gasteiger charge is -2.09. The number of rotatable bonds is 3. The molecular formula is C15H9ClN4O. The zero-order chi connectivity index (χ0) is 14.7. The maximum atomic E-state index is 9.05. The number of aromatic amines is 1. The standard InChI is InChI=1S/C15H9ClN4O/c16-10-5-7-11(8-6-10)21-14-4-2-1-3-12(14)15-13(9-17)18-20-19-15/h1-8H,(H,18,19,20). The van der Waals surface area contributed by atoms with E-state index in [0.717, 1.165) is 0 Å². The van der Waals surface area contributed by atoms with Crippen LogP contribution in [-0.4, -0.2) is 15.4 Å². The molecule has 1 aromatic heterocycles. The molecule has 0 spiro atoms. The van der Waals surface area contributed by atoms with Crippen LogP contribution in [-0.2, 0) is 0 Å². The number of hydrogen-bond donors (Lipinski definition) is 1. The topological polar surface area (TPSA) is 74.6 Å². The molecular weight excluding hydrogens is 288 g/mol. The van der Waals surface area contributed by atoms with Gasteiger partial charge in [-0.1, -0.05) is 23.7 Å². The smallest absolute Gasteiger partial charge is 0.190 e. The van der Waals surface area contributed by atoms with Crippen LogP contribution in [0, 0.1) is 11.3 Å². The molecule has 1 heterocycles. The van der Waals surface area contributed by atoms with Crippen molar-refractivity contribution in [2.24, 2.45) is 0 Å². The van der Waals surface area contributed by atoms with Gasteiger partial charge < -0.3 is 4.74 Å². The van der Waals surface area contributed by atoms with Crippen molar-refractivity contribution < 1.29 is 4.74 Å². The fraction of sp³-hybridized carbons (Fsp3) is 0. The maximum absolute atomic E-state index is 9.05. The van der Waals surface area contributed by atoms with Crippen LogP contribution < -0.4 is 4.74 Å². The maximum Gasteiger partial charge on any atom is 0.190 e. The van der Waals surface area contributed by atoms with E-state index >= 15 is 0 Å². The summed E-state index contributed by atoms with van der Waals surface area (Å²) in [5.74, 6) is 1.24. The molecule has 102 valence electrons. The Balaban J connectivity index is 2.01. The summed E-state index contributed by atoms with van der Waals surface area (Å²) in [4.78, 5) is 0. The highest BCUT2D eigenvalue weighted by Crippen LogP contribution is 2.33. The molecule has 3 rings (SSSR count). The van der Waals surface area contributed by atoms with Gasteiger partial charge >= 0.3 is 0 Å². The number of halogens is 1. The minimum Gasteiger partial charge on any atom is -0.457 e. The first-order chi connectivity index (χ1) is 10.3. The summed E-state index contributed by atoms with van der Waals surface area (Å²) < 4.78 is 5.84. The van der Waals surface area contributed by atoms with Crippen molar-refractivity contribution in [2.45, 2.75) is 0 Å². The second-order valence-corrected chi connectivity index (χ2v) is 4.62. The average Bonchev–Trinajstić information content (AvgIpc) is 2.98. The molecule has 0 bridgehead atoms. The Bertz CT molecular complexity index is 805. The molecule has 3 aromatic rings. The first-order valence-electron chi connectivity index (χ1n) is 6.11. The fourth-order valence-corrected chi connectivity index (χ4v) is 2.00. The molecule has 0 saturated carbocycles. The highest BCUT2D eigenvalue weighted by atomic mass is 35.5. The molecule has 6 heteroatoms. The Hall–Kier alpha value is -2.84. The van der Waals surface area contributed by atoms with E-state index in [1.165, 1.54) is 0 Å². The first kappa shape index (κ1) is 13.2. The van der Waals surface area contributed by atoms with E-state index < -0.39 is 0 Å². The number of aromatic nitrogens is 3. The van der Waals surface area contributed by atoms with Gasteiger partial charge in [-0.25, -0.2) is 0 Å². The Labute approximate surface area is 125 Å². The third kappa shape index (κ3) is 2.71. The summed E-state index contributed by atoms with van der Waals surface area (Å²) in [5, 5.41) is 20.0. The average molecular weight is 297 g/mol. The van der Waals surface area contributed by atoms with Gasteiger partial charge in [-0.3, -0.25) is 0 Å². The number of nitriles is 1. The summed E-state index contributed by atoms with van der Waals surface area (Å²) in [6.07, 6.45) is 0. The van der Waals surface area contributed by atoms with Crippen molar-refractivity contribution in [3.05, 3.63) is 59.2 Å². The van der Waals surface area contributed by atoms with Crippen molar-refractivity contribution in [3.63, 3.8) is 0 Å². The number of benzene rings is 2. The van der Waals surface area contributed by atoms with Gasteiger partial charge in [0.2, 0.25) is 0 Å². The monoisotopic (exact) mass is 296 g/mol.